The first kappa shape index (κ1) is 31.6. The van der Waals surface area contributed by atoms with Gasteiger partial charge in [0.05, 0.1) is 0 Å². The highest BCUT2D eigenvalue weighted by molar-refractivity contribution is 5.72. The van der Waals surface area contributed by atoms with Crippen molar-refractivity contribution in [3.05, 3.63) is 0 Å². The summed E-state index contributed by atoms with van der Waals surface area (Å²) in [6.07, 6.45) is 22.5. The molecule has 0 bridgehead atoms. The third-order valence-electron chi connectivity index (χ3n) is 6.81. The standard InChI is InChI=1S/C26H52O3.H3N/c1-4-6-8-10-12-14-16-18-20-24(26(3,22-23-27)25(28)29)21-19-17-15-13-11-9-7-5-2;/h24,27H,4-23H2,1-3H3,(H,28,29);1H3. The lowest BCUT2D eigenvalue weighted by molar-refractivity contribution is -0.322. The van der Waals surface area contributed by atoms with Crippen molar-refractivity contribution in [2.45, 2.75) is 143 Å². The molecule has 0 aromatic heterocycles. The SMILES string of the molecule is CCCCCCCCCCC(CCCCCCCCCC)C(C)(CCO)C(=O)[O-].[NH4+]. The van der Waals surface area contributed by atoms with Gasteiger partial charge in [0.15, 0.2) is 0 Å². The van der Waals surface area contributed by atoms with Gasteiger partial charge in [0.2, 0.25) is 0 Å². The second kappa shape index (κ2) is 21.6. The largest absolute Gasteiger partial charge is 0.550 e. The number of carboxylic acid groups (broad SMARTS) is 1. The summed E-state index contributed by atoms with van der Waals surface area (Å²) in [7, 11) is 0. The van der Waals surface area contributed by atoms with Crippen LogP contribution in [-0.4, -0.2) is 17.7 Å². The fraction of sp³-hybridized carbons (Fsp3) is 0.962. The highest BCUT2D eigenvalue weighted by Crippen LogP contribution is 2.38. The van der Waals surface area contributed by atoms with Gasteiger partial charge in [0.1, 0.15) is 0 Å². The number of quaternary nitrogens is 1. The molecule has 0 saturated heterocycles. The first-order valence-corrected chi connectivity index (χ1v) is 12.8. The number of aliphatic carboxylic acids is 1. The number of hydrogen-bond donors (Lipinski definition) is 2. The van der Waals surface area contributed by atoms with Gasteiger partial charge in [-0.25, -0.2) is 0 Å². The van der Waals surface area contributed by atoms with E-state index in [1.165, 1.54) is 89.9 Å². The van der Waals surface area contributed by atoms with E-state index in [4.69, 9.17) is 0 Å². The Labute approximate surface area is 188 Å². The van der Waals surface area contributed by atoms with Crippen LogP contribution in [0.25, 0.3) is 0 Å². The van der Waals surface area contributed by atoms with Crippen LogP contribution in [0.1, 0.15) is 143 Å². The quantitative estimate of drug-likeness (QED) is 0.178. The average Bonchev–Trinajstić information content (AvgIpc) is 2.70. The van der Waals surface area contributed by atoms with Crippen molar-refractivity contribution < 1.29 is 15.0 Å². The van der Waals surface area contributed by atoms with Crippen LogP contribution in [0.15, 0.2) is 0 Å². The average molecular weight is 430 g/mol. The fourth-order valence-electron chi connectivity index (χ4n) is 4.54. The molecule has 1 unspecified atom stereocenters. The molecule has 0 aliphatic heterocycles. The van der Waals surface area contributed by atoms with Gasteiger partial charge in [0, 0.05) is 18.0 Å². The number of aliphatic hydroxyl groups is 1. The normalized spacial score (nSPS) is 13.2. The molecule has 0 aromatic rings. The predicted molar refractivity (Wildman–Crippen MR) is 129 cm³/mol. The molecule has 30 heavy (non-hydrogen) atoms. The Kier molecular flexibility index (Phi) is 22.8. The molecule has 4 heteroatoms. The summed E-state index contributed by atoms with van der Waals surface area (Å²) in [5, 5.41) is 21.3. The monoisotopic (exact) mass is 429 g/mol. The summed E-state index contributed by atoms with van der Waals surface area (Å²) in [6.45, 7) is 6.22. The van der Waals surface area contributed by atoms with Crippen molar-refractivity contribution in [3.8, 4) is 0 Å². The van der Waals surface area contributed by atoms with Crippen molar-refractivity contribution in [3.63, 3.8) is 0 Å². The minimum absolute atomic E-state index is 0. The van der Waals surface area contributed by atoms with Gasteiger partial charge in [-0.05, 0) is 25.2 Å². The molecule has 0 aliphatic carbocycles. The van der Waals surface area contributed by atoms with Crippen LogP contribution in [-0.2, 0) is 4.79 Å². The summed E-state index contributed by atoms with van der Waals surface area (Å²) in [5.74, 6) is -0.851. The molecule has 0 aliphatic rings. The van der Waals surface area contributed by atoms with E-state index in [1.807, 2.05) is 0 Å². The number of unbranched alkanes of at least 4 members (excludes halogenated alkanes) is 14. The van der Waals surface area contributed by atoms with Crippen LogP contribution in [0.3, 0.4) is 0 Å². The highest BCUT2D eigenvalue weighted by atomic mass is 16.4. The molecule has 0 rings (SSSR count). The van der Waals surface area contributed by atoms with Crippen molar-refractivity contribution in [2.24, 2.45) is 11.3 Å². The van der Waals surface area contributed by atoms with E-state index in [0.717, 1.165) is 25.7 Å². The number of aliphatic hydroxyl groups excluding tert-OH is 1. The maximum atomic E-state index is 11.9. The molecule has 0 heterocycles. The van der Waals surface area contributed by atoms with Gasteiger partial charge in [-0.3, -0.25) is 0 Å². The second-order valence-corrected chi connectivity index (χ2v) is 9.40. The van der Waals surface area contributed by atoms with E-state index < -0.39 is 11.4 Å². The Hall–Kier alpha value is -0.610. The molecule has 4 nitrogen and oxygen atoms in total. The van der Waals surface area contributed by atoms with Crippen LogP contribution in [0.4, 0.5) is 0 Å². The number of carbonyl (C=O) groups excluding carboxylic acids is 1. The summed E-state index contributed by atoms with van der Waals surface area (Å²) >= 11 is 0. The number of carbonyl (C=O) groups is 1. The molecular weight excluding hydrogens is 374 g/mol. The number of hydrogen-bond acceptors (Lipinski definition) is 3. The summed E-state index contributed by atoms with van der Waals surface area (Å²) in [6, 6.07) is 0. The molecule has 182 valence electrons. The van der Waals surface area contributed by atoms with Crippen LogP contribution < -0.4 is 11.3 Å². The van der Waals surface area contributed by atoms with Crippen molar-refractivity contribution >= 4 is 5.97 Å². The van der Waals surface area contributed by atoms with E-state index in [1.54, 1.807) is 6.92 Å². The lowest BCUT2D eigenvalue weighted by Crippen LogP contribution is -2.46. The third-order valence-corrected chi connectivity index (χ3v) is 6.81. The van der Waals surface area contributed by atoms with Gasteiger partial charge < -0.3 is 21.2 Å². The first-order valence-electron chi connectivity index (χ1n) is 12.8. The Morgan fingerprint density at radius 1 is 0.733 bits per heavy atom. The van der Waals surface area contributed by atoms with Gasteiger partial charge in [-0.1, -0.05) is 124 Å². The van der Waals surface area contributed by atoms with Crippen LogP contribution in [0.2, 0.25) is 0 Å². The molecule has 0 fully saturated rings. The number of carboxylic acids is 1. The Balaban J connectivity index is 0. The van der Waals surface area contributed by atoms with E-state index in [2.05, 4.69) is 13.8 Å². The first-order chi connectivity index (χ1) is 14.0. The maximum absolute atomic E-state index is 11.9. The van der Waals surface area contributed by atoms with Gasteiger partial charge in [-0.15, -0.1) is 0 Å². The minimum atomic E-state index is -0.976. The third kappa shape index (κ3) is 15.2. The van der Waals surface area contributed by atoms with Crippen molar-refractivity contribution in [1.82, 2.24) is 6.15 Å². The van der Waals surface area contributed by atoms with E-state index in [0.29, 0.717) is 6.42 Å². The molecule has 0 saturated carbocycles. The zero-order valence-electron chi connectivity index (χ0n) is 21.0. The number of rotatable bonds is 22. The minimum Gasteiger partial charge on any atom is -0.550 e. The van der Waals surface area contributed by atoms with Crippen molar-refractivity contribution in [2.75, 3.05) is 6.61 Å². The molecule has 0 aromatic carbocycles. The maximum Gasteiger partial charge on any atom is 0.0477 e. The lowest BCUT2D eigenvalue weighted by Gasteiger charge is -2.39. The zero-order valence-corrected chi connectivity index (χ0v) is 21.0. The van der Waals surface area contributed by atoms with Gasteiger partial charge in [-0.2, -0.15) is 0 Å². The molecule has 1 atom stereocenters. The van der Waals surface area contributed by atoms with E-state index >= 15 is 0 Å². The Bertz CT molecular complexity index is 355. The van der Waals surface area contributed by atoms with Crippen LogP contribution in [0, 0.1) is 11.3 Å². The fourth-order valence-corrected chi connectivity index (χ4v) is 4.54. The van der Waals surface area contributed by atoms with Crippen LogP contribution >= 0.6 is 0 Å². The second-order valence-electron chi connectivity index (χ2n) is 9.40. The molecular formula is C26H55NO3. The van der Waals surface area contributed by atoms with Gasteiger partial charge >= 0.3 is 0 Å². The predicted octanol–water partition coefficient (Wildman–Crippen LogP) is 7.18. The summed E-state index contributed by atoms with van der Waals surface area (Å²) in [5.41, 5.74) is -0.892. The van der Waals surface area contributed by atoms with E-state index in [9.17, 15) is 15.0 Å². The highest BCUT2D eigenvalue weighted by Gasteiger charge is 2.34. The zero-order chi connectivity index (χ0) is 21.8. The summed E-state index contributed by atoms with van der Waals surface area (Å²) < 4.78 is 0. The lowest BCUT2D eigenvalue weighted by atomic mass is 9.70. The molecule has 0 radical (unpaired) electrons. The van der Waals surface area contributed by atoms with Crippen molar-refractivity contribution in [1.29, 1.82) is 0 Å². The smallest absolute Gasteiger partial charge is 0.0477 e. The molecule has 0 amide bonds. The van der Waals surface area contributed by atoms with Gasteiger partial charge in [0.25, 0.3) is 0 Å². The molecule has 0 spiro atoms. The summed E-state index contributed by atoms with van der Waals surface area (Å²) in [4.78, 5) is 11.9. The van der Waals surface area contributed by atoms with Crippen LogP contribution in [0.5, 0.6) is 0 Å². The van der Waals surface area contributed by atoms with E-state index in [-0.39, 0.29) is 18.7 Å². The Morgan fingerprint density at radius 3 is 1.37 bits per heavy atom. The topological polar surface area (TPSA) is 96.9 Å². The molecule has 5 N–H and O–H groups in total. The Morgan fingerprint density at radius 2 is 1.07 bits per heavy atom.